The smallest absolute Gasteiger partial charge is 0.239 e. The molecule has 1 fully saturated rings. The van der Waals surface area contributed by atoms with Crippen molar-refractivity contribution in [2.24, 2.45) is 0 Å². The number of amides is 1. The monoisotopic (exact) mass is 606 g/mol. The summed E-state index contributed by atoms with van der Waals surface area (Å²) in [5.41, 5.74) is 1.13. The van der Waals surface area contributed by atoms with Gasteiger partial charge in [0.2, 0.25) is 5.91 Å². The highest BCUT2D eigenvalue weighted by Gasteiger charge is 2.34. The molecule has 0 bridgehead atoms. The molecular formula is C27H32Br2N2O4. The number of likely N-dealkylation sites (N-methyl/N-ethyl adjacent to an activating group) is 1. The molecule has 35 heavy (non-hydrogen) atoms. The van der Waals surface area contributed by atoms with Gasteiger partial charge in [0.25, 0.3) is 0 Å². The molecule has 188 valence electrons. The Hall–Kier alpha value is -2.03. The molecule has 1 heterocycles. The first-order valence-corrected chi connectivity index (χ1v) is 13.5. The van der Waals surface area contributed by atoms with E-state index in [0.717, 1.165) is 74.3 Å². The number of nitrogens with zero attached hydrogens (tertiary/aromatic N) is 2. The van der Waals surface area contributed by atoms with Crippen LogP contribution in [0.25, 0.3) is 21.5 Å². The van der Waals surface area contributed by atoms with Gasteiger partial charge in [-0.15, -0.1) is 0 Å². The zero-order valence-corrected chi connectivity index (χ0v) is 24.1. The minimum atomic E-state index is -0.102. The molecule has 0 radical (unpaired) electrons. The largest absolute Gasteiger partial charge is 0.496 e. The van der Waals surface area contributed by atoms with E-state index < -0.39 is 0 Å². The third-order valence-corrected chi connectivity index (χ3v) is 8.72. The summed E-state index contributed by atoms with van der Waals surface area (Å²) < 4.78 is 18.8. The second-order valence-corrected chi connectivity index (χ2v) is 10.3. The number of ether oxygens (including phenoxy) is 3. The lowest BCUT2D eigenvalue weighted by atomic mass is 9.95. The van der Waals surface area contributed by atoms with Gasteiger partial charge in [0.05, 0.1) is 31.8 Å². The van der Waals surface area contributed by atoms with Gasteiger partial charge in [-0.2, -0.15) is 0 Å². The fraction of sp³-hybridized carbons (Fsp3) is 0.444. The second kappa shape index (κ2) is 10.9. The van der Waals surface area contributed by atoms with Crippen LogP contribution < -0.4 is 14.2 Å². The van der Waals surface area contributed by atoms with Crippen LogP contribution in [0.1, 0.15) is 32.3 Å². The fourth-order valence-corrected chi connectivity index (χ4v) is 6.57. The summed E-state index contributed by atoms with van der Waals surface area (Å²) in [7, 11) is 4.97. The number of hydrogen-bond acceptors (Lipinski definition) is 5. The molecule has 1 atom stereocenters. The third kappa shape index (κ3) is 4.60. The second-order valence-electron chi connectivity index (χ2n) is 8.69. The Kier molecular flexibility index (Phi) is 8.13. The van der Waals surface area contributed by atoms with Crippen LogP contribution in [0.5, 0.6) is 17.2 Å². The van der Waals surface area contributed by atoms with Crippen molar-refractivity contribution in [1.29, 1.82) is 0 Å². The molecular weight excluding hydrogens is 576 g/mol. The van der Waals surface area contributed by atoms with Gasteiger partial charge in [-0.05, 0) is 111 Å². The Bertz CT molecular complexity index is 1260. The number of benzene rings is 3. The van der Waals surface area contributed by atoms with E-state index in [4.69, 9.17) is 14.2 Å². The lowest BCUT2D eigenvalue weighted by molar-refractivity contribution is -0.135. The van der Waals surface area contributed by atoms with Crippen LogP contribution in [0, 0.1) is 0 Å². The number of methoxy groups -OCH3 is 3. The van der Waals surface area contributed by atoms with Crippen LogP contribution in [0.15, 0.2) is 33.2 Å². The van der Waals surface area contributed by atoms with Crippen LogP contribution in [-0.4, -0.2) is 62.7 Å². The summed E-state index contributed by atoms with van der Waals surface area (Å²) in [6.45, 7) is 7.09. The fourth-order valence-electron chi connectivity index (χ4n) is 5.18. The Labute approximate surface area is 223 Å². The molecule has 1 aliphatic heterocycles. The first-order valence-electron chi connectivity index (χ1n) is 11.9. The minimum Gasteiger partial charge on any atom is -0.496 e. The maximum absolute atomic E-state index is 13.3. The summed E-state index contributed by atoms with van der Waals surface area (Å²) >= 11 is 7.70. The zero-order chi connectivity index (χ0) is 25.3. The molecule has 6 nitrogen and oxygen atoms in total. The average Bonchev–Trinajstić information content (AvgIpc) is 3.34. The van der Waals surface area contributed by atoms with Crippen molar-refractivity contribution in [3.05, 3.63) is 38.8 Å². The molecule has 0 aromatic heterocycles. The standard InChI is InChI=1S/C27H32Br2N2O4/c1-6-30(7-2)27(32)20-9-8-12-31(20)15-19-17-13-22(34-4)23(35-5)14-18(17)24-16(25(19)28)10-11-21(33-3)26(24)29/h10-11,13-14,20H,6-9,12,15H2,1-5H3/t20-/m0/s1. The molecule has 8 heteroatoms. The van der Waals surface area contributed by atoms with Gasteiger partial charge in [0.1, 0.15) is 5.75 Å². The molecule has 0 aliphatic carbocycles. The molecule has 0 unspecified atom stereocenters. The topological polar surface area (TPSA) is 51.2 Å². The Morgan fingerprint density at radius 3 is 2.17 bits per heavy atom. The highest BCUT2D eigenvalue weighted by Crippen LogP contribution is 2.46. The van der Waals surface area contributed by atoms with Crippen LogP contribution in [0.3, 0.4) is 0 Å². The van der Waals surface area contributed by atoms with Crippen molar-refractivity contribution in [3.8, 4) is 17.2 Å². The number of fused-ring (bicyclic) bond motifs is 3. The van der Waals surface area contributed by atoms with Gasteiger partial charge in [-0.1, -0.05) is 0 Å². The number of halogens is 2. The van der Waals surface area contributed by atoms with E-state index in [0.29, 0.717) is 18.0 Å². The average molecular weight is 608 g/mol. The molecule has 0 spiro atoms. The Morgan fingerprint density at radius 2 is 1.57 bits per heavy atom. The number of carbonyl (C=O) groups is 1. The quantitative estimate of drug-likeness (QED) is 0.278. The summed E-state index contributed by atoms with van der Waals surface area (Å²) in [6.07, 6.45) is 1.90. The molecule has 4 rings (SSSR count). The lowest BCUT2D eigenvalue weighted by Crippen LogP contribution is -2.45. The van der Waals surface area contributed by atoms with Crippen molar-refractivity contribution < 1.29 is 19.0 Å². The van der Waals surface area contributed by atoms with Crippen molar-refractivity contribution in [2.45, 2.75) is 39.3 Å². The van der Waals surface area contributed by atoms with E-state index in [1.165, 1.54) is 0 Å². The van der Waals surface area contributed by atoms with Crippen molar-refractivity contribution >= 4 is 59.3 Å². The van der Waals surface area contributed by atoms with Gasteiger partial charge >= 0.3 is 0 Å². The van der Waals surface area contributed by atoms with Crippen LogP contribution in [-0.2, 0) is 11.3 Å². The number of rotatable bonds is 8. The minimum absolute atomic E-state index is 0.102. The molecule has 1 amide bonds. The normalized spacial score (nSPS) is 16.1. The van der Waals surface area contributed by atoms with E-state index in [1.54, 1.807) is 21.3 Å². The lowest BCUT2D eigenvalue weighted by Gasteiger charge is -2.30. The Balaban J connectivity index is 1.93. The van der Waals surface area contributed by atoms with Gasteiger partial charge in [0.15, 0.2) is 11.5 Å². The van der Waals surface area contributed by atoms with E-state index in [2.05, 4.69) is 42.8 Å². The van der Waals surface area contributed by atoms with Crippen LogP contribution >= 0.6 is 31.9 Å². The predicted molar refractivity (Wildman–Crippen MR) is 148 cm³/mol. The molecule has 0 N–H and O–H groups in total. The van der Waals surface area contributed by atoms with E-state index in [-0.39, 0.29) is 11.9 Å². The van der Waals surface area contributed by atoms with Crippen LogP contribution in [0.4, 0.5) is 0 Å². The van der Waals surface area contributed by atoms with E-state index >= 15 is 0 Å². The van der Waals surface area contributed by atoms with Crippen molar-refractivity contribution in [2.75, 3.05) is 41.0 Å². The molecule has 0 saturated carbocycles. The van der Waals surface area contributed by atoms with Crippen molar-refractivity contribution in [3.63, 3.8) is 0 Å². The number of carbonyl (C=O) groups excluding carboxylic acids is 1. The maximum Gasteiger partial charge on any atom is 0.239 e. The maximum atomic E-state index is 13.3. The number of hydrogen-bond donors (Lipinski definition) is 0. The molecule has 3 aromatic carbocycles. The van der Waals surface area contributed by atoms with Gasteiger partial charge in [-0.3, -0.25) is 9.69 Å². The van der Waals surface area contributed by atoms with E-state index in [9.17, 15) is 4.79 Å². The van der Waals surface area contributed by atoms with Gasteiger partial charge in [0, 0.05) is 29.5 Å². The van der Waals surface area contributed by atoms with Crippen LogP contribution in [0.2, 0.25) is 0 Å². The first kappa shape index (κ1) is 26.0. The number of likely N-dealkylation sites (tertiary alicyclic amines) is 1. The highest BCUT2D eigenvalue weighted by molar-refractivity contribution is 9.11. The predicted octanol–water partition coefficient (Wildman–Crippen LogP) is 6.38. The highest BCUT2D eigenvalue weighted by atomic mass is 79.9. The van der Waals surface area contributed by atoms with E-state index in [1.807, 2.05) is 36.9 Å². The summed E-state index contributed by atoms with van der Waals surface area (Å²) in [5.74, 6) is 2.32. The summed E-state index contributed by atoms with van der Waals surface area (Å²) in [6, 6.07) is 8.01. The first-order chi connectivity index (χ1) is 16.9. The van der Waals surface area contributed by atoms with Crippen molar-refractivity contribution in [1.82, 2.24) is 9.80 Å². The zero-order valence-electron chi connectivity index (χ0n) is 20.9. The van der Waals surface area contributed by atoms with Gasteiger partial charge in [-0.25, -0.2) is 0 Å². The third-order valence-electron chi connectivity index (χ3n) is 7.03. The molecule has 1 aliphatic rings. The summed E-state index contributed by atoms with van der Waals surface area (Å²) in [5, 5.41) is 4.19. The molecule has 3 aromatic rings. The molecule has 1 saturated heterocycles. The Morgan fingerprint density at radius 1 is 0.943 bits per heavy atom. The summed E-state index contributed by atoms with van der Waals surface area (Å²) in [4.78, 5) is 17.5. The SMILES string of the molecule is CCN(CC)C(=O)[C@@H]1CCCN1Cc1c(Br)c2ccc(OC)c(Br)c2c2cc(OC)c(OC)cc12. The van der Waals surface area contributed by atoms with Gasteiger partial charge < -0.3 is 19.1 Å².